The van der Waals surface area contributed by atoms with E-state index in [-0.39, 0.29) is 17.9 Å². The fourth-order valence-corrected chi connectivity index (χ4v) is 3.21. The zero-order chi connectivity index (χ0) is 20.6. The van der Waals surface area contributed by atoms with Crippen LogP contribution in [0.4, 0.5) is 5.69 Å². The van der Waals surface area contributed by atoms with Gasteiger partial charge in [-0.15, -0.1) is 0 Å². The SMILES string of the molecule is CCC(Oc1ccc(C)cc1)C(=O)Nc1ccccc1C(=O)NCC1CCCO1. The lowest BCUT2D eigenvalue weighted by Gasteiger charge is -2.19. The molecule has 0 radical (unpaired) electrons. The first-order valence-corrected chi connectivity index (χ1v) is 10.1. The Bertz CT molecular complexity index is 829. The van der Waals surface area contributed by atoms with Gasteiger partial charge in [0.15, 0.2) is 6.10 Å². The van der Waals surface area contributed by atoms with Gasteiger partial charge in [0.1, 0.15) is 5.75 Å². The second kappa shape index (κ2) is 10.1. The molecule has 1 fully saturated rings. The quantitative estimate of drug-likeness (QED) is 0.713. The van der Waals surface area contributed by atoms with Gasteiger partial charge in [0.25, 0.3) is 11.8 Å². The molecular weight excluding hydrogens is 368 g/mol. The number of hydrogen-bond donors (Lipinski definition) is 2. The Morgan fingerprint density at radius 3 is 2.62 bits per heavy atom. The topological polar surface area (TPSA) is 76.7 Å². The molecule has 2 atom stereocenters. The van der Waals surface area contributed by atoms with Gasteiger partial charge in [-0.1, -0.05) is 36.8 Å². The molecule has 0 spiro atoms. The smallest absolute Gasteiger partial charge is 0.265 e. The van der Waals surface area contributed by atoms with Crippen molar-refractivity contribution >= 4 is 17.5 Å². The lowest BCUT2D eigenvalue weighted by molar-refractivity contribution is -0.122. The van der Waals surface area contributed by atoms with Gasteiger partial charge in [-0.25, -0.2) is 0 Å². The maximum atomic E-state index is 12.8. The summed E-state index contributed by atoms with van der Waals surface area (Å²) in [6, 6.07) is 14.5. The van der Waals surface area contributed by atoms with Crippen LogP contribution in [0, 0.1) is 6.92 Å². The van der Waals surface area contributed by atoms with Crippen molar-refractivity contribution in [2.45, 2.75) is 45.3 Å². The van der Waals surface area contributed by atoms with Crippen LogP contribution in [0.2, 0.25) is 0 Å². The van der Waals surface area contributed by atoms with E-state index in [0.29, 0.717) is 30.0 Å². The zero-order valence-electron chi connectivity index (χ0n) is 16.9. The van der Waals surface area contributed by atoms with E-state index < -0.39 is 6.10 Å². The number of anilines is 1. The van der Waals surface area contributed by atoms with E-state index >= 15 is 0 Å². The molecule has 154 valence electrons. The van der Waals surface area contributed by atoms with Crippen LogP contribution >= 0.6 is 0 Å². The molecule has 1 heterocycles. The van der Waals surface area contributed by atoms with Crippen LogP contribution in [0.15, 0.2) is 48.5 Å². The van der Waals surface area contributed by atoms with Gasteiger partial charge in [0.05, 0.1) is 17.4 Å². The molecule has 2 aromatic carbocycles. The molecule has 2 amide bonds. The molecule has 29 heavy (non-hydrogen) atoms. The number of rotatable bonds is 8. The lowest BCUT2D eigenvalue weighted by Crippen LogP contribution is -2.35. The number of carbonyl (C=O) groups excluding carboxylic acids is 2. The molecule has 2 aromatic rings. The Morgan fingerprint density at radius 2 is 1.93 bits per heavy atom. The first-order chi connectivity index (χ1) is 14.1. The van der Waals surface area contributed by atoms with Crippen LogP contribution in [0.5, 0.6) is 5.75 Å². The minimum atomic E-state index is -0.652. The number of nitrogens with one attached hydrogen (secondary N) is 2. The van der Waals surface area contributed by atoms with E-state index in [1.165, 1.54) is 0 Å². The van der Waals surface area contributed by atoms with E-state index in [0.717, 1.165) is 25.0 Å². The van der Waals surface area contributed by atoms with E-state index in [1.54, 1.807) is 24.3 Å². The van der Waals surface area contributed by atoms with Crippen molar-refractivity contribution in [1.82, 2.24) is 5.32 Å². The number of benzene rings is 2. The summed E-state index contributed by atoms with van der Waals surface area (Å²) in [7, 11) is 0. The number of aryl methyl sites for hydroxylation is 1. The third-order valence-electron chi connectivity index (χ3n) is 4.91. The predicted molar refractivity (Wildman–Crippen MR) is 112 cm³/mol. The minimum absolute atomic E-state index is 0.0630. The average molecular weight is 396 g/mol. The Kier molecular flexibility index (Phi) is 7.25. The Hall–Kier alpha value is -2.86. The van der Waals surface area contributed by atoms with E-state index in [4.69, 9.17) is 9.47 Å². The number of ether oxygens (including phenoxy) is 2. The van der Waals surface area contributed by atoms with Gasteiger partial charge in [0.2, 0.25) is 0 Å². The number of carbonyl (C=O) groups is 2. The van der Waals surface area contributed by atoms with Crippen LogP contribution in [-0.2, 0) is 9.53 Å². The van der Waals surface area contributed by atoms with Gasteiger partial charge in [-0.05, 0) is 50.5 Å². The second-order valence-corrected chi connectivity index (χ2v) is 7.21. The first kappa shape index (κ1) is 20.9. The minimum Gasteiger partial charge on any atom is -0.481 e. The van der Waals surface area contributed by atoms with Crippen LogP contribution in [0.3, 0.4) is 0 Å². The molecule has 2 unspecified atom stereocenters. The predicted octanol–water partition coefficient (Wildman–Crippen LogP) is 3.70. The molecule has 3 rings (SSSR count). The molecule has 1 aliphatic rings. The van der Waals surface area contributed by atoms with E-state index in [9.17, 15) is 9.59 Å². The van der Waals surface area contributed by atoms with Crippen LogP contribution in [0.25, 0.3) is 0 Å². The van der Waals surface area contributed by atoms with Gasteiger partial charge in [0, 0.05) is 13.2 Å². The highest BCUT2D eigenvalue weighted by atomic mass is 16.5. The molecule has 6 heteroatoms. The highest BCUT2D eigenvalue weighted by molar-refractivity contribution is 6.04. The van der Waals surface area contributed by atoms with Gasteiger partial charge in [-0.2, -0.15) is 0 Å². The fraction of sp³-hybridized carbons (Fsp3) is 0.391. The molecule has 0 aromatic heterocycles. The van der Waals surface area contributed by atoms with Crippen molar-refractivity contribution in [3.05, 3.63) is 59.7 Å². The molecule has 1 saturated heterocycles. The summed E-state index contributed by atoms with van der Waals surface area (Å²) in [5.74, 6) is 0.122. The average Bonchev–Trinajstić information content (AvgIpc) is 3.25. The standard InChI is InChI=1S/C23H28N2O4/c1-3-21(29-17-12-10-16(2)11-13-17)23(27)25-20-9-5-4-8-19(20)22(26)24-15-18-7-6-14-28-18/h4-5,8-13,18,21H,3,6-7,14-15H2,1-2H3,(H,24,26)(H,25,27). The van der Waals surface area contributed by atoms with Crippen molar-refractivity contribution < 1.29 is 19.1 Å². The molecule has 1 aliphatic heterocycles. The highest BCUT2D eigenvalue weighted by Crippen LogP contribution is 2.19. The van der Waals surface area contributed by atoms with Crippen molar-refractivity contribution in [3.63, 3.8) is 0 Å². The molecule has 6 nitrogen and oxygen atoms in total. The Labute approximate surface area is 171 Å². The fourth-order valence-electron chi connectivity index (χ4n) is 3.21. The largest absolute Gasteiger partial charge is 0.481 e. The van der Waals surface area contributed by atoms with Crippen LogP contribution in [-0.4, -0.2) is 37.2 Å². The maximum Gasteiger partial charge on any atom is 0.265 e. The Balaban J connectivity index is 1.64. The highest BCUT2D eigenvalue weighted by Gasteiger charge is 2.22. The van der Waals surface area contributed by atoms with Gasteiger partial charge < -0.3 is 20.1 Å². The summed E-state index contributed by atoms with van der Waals surface area (Å²) in [6.45, 7) is 5.09. The molecule has 0 bridgehead atoms. The first-order valence-electron chi connectivity index (χ1n) is 10.1. The maximum absolute atomic E-state index is 12.8. The third-order valence-corrected chi connectivity index (χ3v) is 4.91. The molecule has 0 aliphatic carbocycles. The van der Waals surface area contributed by atoms with Crippen LogP contribution < -0.4 is 15.4 Å². The normalized spacial score (nSPS) is 16.8. The lowest BCUT2D eigenvalue weighted by atomic mass is 10.1. The van der Waals surface area contributed by atoms with Crippen molar-refractivity contribution in [1.29, 1.82) is 0 Å². The number of amides is 2. The summed E-state index contributed by atoms with van der Waals surface area (Å²) >= 11 is 0. The number of hydrogen-bond acceptors (Lipinski definition) is 4. The number of para-hydroxylation sites is 1. The third kappa shape index (κ3) is 5.81. The second-order valence-electron chi connectivity index (χ2n) is 7.21. The molecule has 2 N–H and O–H groups in total. The summed E-state index contributed by atoms with van der Waals surface area (Å²) < 4.78 is 11.4. The summed E-state index contributed by atoms with van der Waals surface area (Å²) in [5.41, 5.74) is 2.01. The van der Waals surface area contributed by atoms with Crippen LogP contribution in [0.1, 0.15) is 42.1 Å². The van der Waals surface area contributed by atoms with Crippen molar-refractivity contribution in [2.75, 3.05) is 18.5 Å². The summed E-state index contributed by atoms with van der Waals surface area (Å²) in [6.07, 6.45) is 1.89. The molecular formula is C23H28N2O4. The Morgan fingerprint density at radius 1 is 1.17 bits per heavy atom. The van der Waals surface area contributed by atoms with Crippen molar-refractivity contribution in [3.8, 4) is 5.75 Å². The monoisotopic (exact) mass is 396 g/mol. The van der Waals surface area contributed by atoms with Gasteiger partial charge >= 0.3 is 0 Å². The van der Waals surface area contributed by atoms with E-state index in [1.807, 2.05) is 38.1 Å². The summed E-state index contributed by atoms with van der Waals surface area (Å²) in [4.78, 5) is 25.4. The van der Waals surface area contributed by atoms with E-state index in [2.05, 4.69) is 10.6 Å². The zero-order valence-corrected chi connectivity index (χ0v) is 16.9. The summed E-state index contributed by atoms with van der Waals surface area (Å²) in [5, 5.41) is 5.74. The molecule has 0 saturated carbocycles. The van der Waals surface area contributed by atoms with Crippen molar-refractivity contribution in [2.24, 2.45) is 0 Å². The van der Waals surface area contributed by atoms with Gasteiger partial charge in [-0.3, -0.25) is 9.59 Å².